The van der Waals surface area contributed by atoms with Gasteiger partial charge in [0.15, 0.2) is 11.5 Å². The van der Waals surface area contributed by atoms with Crippen LogP contribution in [-0.4, -0.2) is 24.3 Å². The van der Waals surface area contributed by atoms with E-state index in [1.807, 2.05) is 6.07 Å². The highest BCUT2D eigenvalue weighted by Gasteiger charge is 2.13. The van der Waals surface area contributed by atoms with Gasteiger partial charge in [0.25, 0.3) is 0 Å². The number of ether oxygens (including phenoxy) is 2. The third-order valence-corrected chi connectivity index (χ3v) is 3.96. The molecule has 0 saturated heterocycles. The Morgan fingerprint density at radius 2 is 2.32 bits per heavy atom. The van der Waals surface area contributed by atoms with Crippen molar-refractivity contribution in [3.8, 4) is 11.5 Å². The summed E-state index contributed by atoms with van der Waals surface area (Å²) < 4.78 is 11.1. The Labute approximate surface area is 144 Å². The van der Waals surface area contributed by atoms with E-state index in [1.54, 1.807) is 17.7 Å². The summed E-state index contributed by atoms with van der Waals surface area (Å²) in [5, 5.41) is 6.41. The first-order chi connectivity index (χ1) is 10.5. The number of hydrogen-bond donors (Lipinski definition) is 2. The van der Waals surface area contributed by atoms with E-state index >= 15 is 0 Å². The molecule has 0 spiro atoms. The number of anilines is 2. The Hall–Kier alpha value is -1.88. The normalized spacial score (nSPS) is 10.7. The number of esters is 1. The number of benzene rings is 1. The van der Waals surface area contributed by atoms with Crippen LogP contribution in [0.2, 0.25) is 0 Å². The van der Waals surface area contributed by atoms with E-state index in [1.165, 1.54) is 25.4 Å². The number of aromatic nitrogens is 1. The van der Waals surface area contributed by atoms with Crippen molar-refractivity contribution in [3.63, 3.8) is 0 Å². The molecule has 116 valence electrons. The Balaban J connectivity index is 2.17. The molecule has 2 rings (SSSR count). The molecule has 0 fully saturated rings. The minimum atomic E-state index is -0.402. The molecule has 0 aliphatic carbocycles. The van der Waals surface area contributed by atoms with Crippen molar-refractivity contribution < 1.29 is 14.3 Å². The lowest BCUT2D eigenvalue weighted by atomic mass is 10.2. The summed E-state index contributed by atoms with van der Waals surface area (Å²) in [5.74, 6) is 0.903. The molecule has 0 unspecified atom stereocenters. The zero-order valence-electron chi connectivity index (χ0n) is 11.8. The van der Waals surface area contributed by atoms with E-state index in [9.17, 15) is 4.79 Å². The number of carbonyl (C=O) groups is 1. The summed E-state index contributed by atoms with van der Waals surface area (Å²) >= 11 is 3.43. The molecule has 2 aromatic rings. The molecule has 1 aromatic heterocycles. The third-order valence-electron chi connectivity index (χ3n) is 2.39. The SMILES string of the molecule is COc1cc(C=NNc2nc(N)cs2)cc(I)c1OC(C)=O. The predicted molar refractivity (Wildman–Crippen MR) is 94.8 cm³/mol. The number of hydrogen-bond acceptors (Lipinski definition) is 8. The maximum atomic E-state index is 11.1. The van der Waals surface area contributed by atoms with E-state index in [0.29, 0.717) is 22.4 Å². The smallest absolute Gasteiger partial charge is 0.308 e. The molecular weight excluding hydrogens is 419 g/mol. The first-order valence-electron chi connectivity index (χ1n) is 6.05. The standard InChI is InChI=1S/C13H13IN4O3S/c1-7(19)21-12-9(14)3-8(4-10(12)20-2)5-16-18-13-17-11(15)6-22-13/h3-6H,15H2,1-2H3,(H,17,18). The molecule has 0 atom stereocenters. The van der Waals surface area contributed by atoms with Gasteiger partial charge in [0.2, 0.25) is 5.13 Å². The van der Waals surface area contributed by atoms with Crippen LogP contribution in [0.25, 0.3) is 0 Å². The molecule has 0 amide bonds. The van der Waals surface area contributed by atoms with Crippen LogP contribution >= 0.6 is 33.9 Å². The molecule has 3 N–H and O–H groups in total. The maximum Gasteiger partial charge on any atom is 0.308 e. The molecular formula is C13H13IN4O3S. The number of carbonyl (C=O) groups excluding carboxylic acids is 1. The van der Waals surface area contributed by atoms with Gasteiger partial charge in [-0.25, -0.2) is 4.98 Å². The number of thiazole rings is 1. The zero-order chi connectivity index (χ0) is 16.1. The van der Waals surface area contributed by atoms with Gasteiger partial charge in [-0.1, -0.05) is 0 Å². The van der Waals surface area contributed by atoms with Gasteiger partial charge in [-0.15, -0.1) is 11.3 Å². The van der Waals surface area contributed by atoms with Crippen LogP contribution in [0, 0.1) is 3.57 Å². The molecule has 22 heavy (non-hydrogen) atoms. The van der Waals surface area contributed by atoms with Crippen LogP contribution in [0.1, 0.15) is 12.5 Å². The first kappa shape index (κ1) is 16.5. The highest BCUT2D eigenvalue weighted by molar-refractivity contribution is 14.1. The molecule has 0 saturated carbocycles. The van der Waals surface area contributed by atoms with Gasteiger partial charge in [0, 0.05) is 12.3 Å². The van der Waals surface area contributed by atoms with Gasteiger partial charge in [0.05, 0.1) is 16.9 Å². The van der Waals surface area contributed by atoms with Crippen LogP contribution in [-0.2, 0) is 4.79 Å². The lowest BCUT2D eigenvalue weighted by molar-refractivity contribution is -0.132. The van der Waals surface area contributed by atoms with Gasteiger partial charge < -0.3 is 15.2 Å². The molecule has 0 aliphatic heterocycles. The lowest BCUT2D eigenvalue weighted by Crippen LogP contribution is -2.05. The summed E-state index contributed by atoms with van der Waals surface area (Å²) in [5.41, 5.74) is 9.10. The summed E-state index contributed by atoms with van der Waals surface area (Å²) in [6, 6.07) is 3.55. The van der Waals surface area contributed by atoms with Crippen LogP contribution < -0.4 is 20.6 Å². The van der Waals surface area contributed by atoms with Crippen LogP contribution in [0.5, 0.6) is 11.5 Å². The molecule has 1 aromatic carbocycles. The Kier molecular flexibility index (Phi) is 5.55. The van der Waals surface area contributed by atoms with E-state index < -0.39 is 5.97 Å². The lowest BCUT2D eigenvalue weighted by Gasteiger charge is -2.10. The quantitative estimate of drug-likeness (QED) is 0.248. The largest absolute Gasteiger partial charge is 0.493 e. The number of nitrogens with zero attached hydrogens (tertiary/aromatic N) is 2. The fourth-order valence-electron chi connectivity index (χ4n) is 1.56. The molecule has 1 heterocycles. The van der Waals surface area contributed by atoms with Crippen molar-refractivity contribution in [1.82, 2.24) is 4.98 Å². The van der Waals surface area contributed by atoms with Gasteiger partial charge in [-0.2, -0.15) is 5.10 Å². The number of nitrogens with two attached hydrogens (primary N) is 1. The molecule has 0 radical (unpaired) electrons. The minimum absolute atomic E-state index is 0.397. The number of methoxy groups -OCH3 is 1. The Morgan fingerprint density at radius 1 is 1.55 bits per heavy atom. The zero-order valence-corrected chi connectivity index (χ0v) is 14.8. The van der Waals surface area contributed by atoms with Crippen molar-refractivity contribution in [3.05, 3.63) is 26.6 Å². The monoisotopic (exact) mass is 432 g/mol. The molecule has 9 heteroatoms. The third kappa shape index (κ3) is 4.31. The van der Waals surface area contributed by atoms with E-state index in [4.69, 9.17) is 15.2 Å². The van der Waals surface area contributed by atoms with Gasteiger partial charge in [-0.05, 0) is 40.3 Å². The Bertz CT molecular complexity index is 717. The predicted octanol–water partition coefficient (Wildman–Crippen LogP) is 2.71. The number of nitrogen functional groups attached to an aromatic ring is 1. The van der Waals surface area contributed by atoms with Gasteiger partial charge >= 0.3 is 5.97 Å². The highest BCUT2D eigenvalue weighted by Crippen LogP contribution is 2.33. The summed E-state index contributed by atoms with van der Waals surface area (Å²) in [4.78, 5) is 15.1. The fourth-order valence-corrected chi connectivity index (χ4v) is 2.84. The summed E-state index contributed by atoms with van der Waals surface area (Å²) in [7, 11) is 1.51. The van der Waals surface area contributed by atoms with Crippen molar-refractivity contribution in [2.45, 2.75) is 6.92 Å². The second-order valence-corrected chi connectivity index (χ2v) is 6.10. The van der Waals surface area contributed by atoms with Crippen molar-refractivity contribution in [2.24, 2.45) is 5.10 Å². The first-order valence-corrected chi connectivity index (χ1v) is 8.01. The minimum Gasteiger partial charge on any atom is -0.493 e. The molecule has 0 bridgehead atoms. The summed E-state index contributed by atoms with van der Waals surface area (Å²) in [6.07, 6.45) is 1.61. The second-order valence-electron chi connectivity index (χ2n) is 4.08. The van der Waals surface area contributed by atoms with Crippen LogP contribution in [0.4, 0.5) is 10.9 Å². The van der Waals surface area contributed by atoms with Gasteiger partial charge in [0.1, 0.15) is 5.82 Å². The number of hydrazone groups is 1. The van der Waals surface area contributed by atoms with E-state index in [-0.39, 0.29) is 0 Å². The fraction of sp³-hybridized carbons (Fsp3) is 0.154. The van der Waals surface area contributed by atoms with Crippen molar-refractivity contribution >= 4 is 57.1 Å². The highest BCUT2D eigenvalue weighted by atomic mass is 127. The van der Waals surface area contributed by atoms with Crippen LogP contribution in [0.3, 0.4) is 0 Å². The number of halogens is 1. The molecule has 0 aliphatic rings. The Morgan fingerprint density at radius 3 is 2.91 bits per heavy atom. The van der Waals surface area contributed by atoms with E-state index in [2.05, 4.69) is 38.1 Å². The number of rotatable bonds is 5. The van der Waals surface area contributed by atoms with Gasteiger partial charge in [-0.3, -0.25) is 10.2 Å². The number of nitrogens with one attached hydrogen (secondary N) is 1. The topological polar surface area (TPSA) is 98.8 Å². The molecule has 7 nitrogen and oxygen atoms in total. The average molecular weight is 432 g/mol. The summed E-state index contributed by atoms with van der Waals surface area (Å²) in [6.45, 7) is 1.34. The van der Waals surface area contributed by atoms with Crippen molar-refractivity contribution in [2.75, 3.05) is 18.3 Å². The van der Waals surface area contributed by atoms with E-state index in [0.717, 1.165) is 9.13 Å². The maximum absolute atomic E-state index is 11.1. The van der Waals surface area contributed by atoms with Crippen LogP contribution in [0.15, 0.2) is 22.6 Å². The average Bonchev–Trinajstić information content (AvgIpc) is 2.86. The second kappa shape index (κ2) is 7.40. The van der Waals surface area contributed by atoms with Crippen molar-refractivity contribution in [1.29, 1.82) is 0 Å².